The quantitative estimate of drug-likeness (QED) is 0.0833. The number of imide groups is 1. The Morgan fingerprint density at radius 3 is 2.34 bits per heavy atom. The van der Waals surface area contributed by atoms with Crippen LogP contribution in [0.15, 0.2) is 67.1 Å². The van der Waals surface area contributed by atoms with Crippen LogP contribution in [0.5, 0.6) is 0 Å². The van der Waals surface area contributed by atoms with Crippen molar-refractivity contribution in [3.8, 4) is 11.1 Å². The number of anilines is 4. The lowest BCUT2D eigenvalue weighted by molar-refractivity contribution is -0.138. The number of amides is 3. The van der Waals surface area contributed by atoms with Gasteiger partial charge in [-0.15, -0.1) is 0 Å². The zero-order chi connectivity index (χ0) is 46.2. The van der Waals surface area contributed by atoms with E-state index in [1.54, 1.807) is 42.4 Å². The Kier molecular flexibility index (Phi) is 12.5. The Hall–Kier alpha value is -6.58. The first-order valence-electron chi connectivity index (χ1n) is 21.1. The SMILES string of the molecule is CCN(C)S(=O)(=O)Nc1ccc(F)c(C(=O)c2c[nH]c3ncc(-c4ccc(N5CCN(C(=O)CC6(O)CCN(c7ccc(N[C@H]8CCC(=O)NC8=O)cc7F)CC6)CC5)nc4)cc23)c1F. The summed E-state index contributed by atoms with van der Waals surface area (Å²) in [6.45, 7) is 4.14. The number of halogens is 3. The smallest absolute Gasteiger partial charge is 0.301 e. The number of ketones is 1. The van der Waals surface area contributed by atoms with Crippen molar-refractivity contribution in [2.45, 2.75) is 50.7 Å². The van der Waals surface area contributed by atoms with Crippen molar-refractivity contribution in [3.05, 3.63) is 95.7 Å². The number of benzene rings is 2. The van der Waals surface area contributed by atoms with Gasteiger partial charge in [0.15, 0.2) is 5.82 Å². The molecule has 17 nitrogen and oxygen atoms in total. The van der Waals surface area contributed by atoms with E-state index in [1.807, 2.05) is 21.9 Å². The highest BCUT2D eigenvalue weighted by Gasteiger charge is 2.37. The molecule has 0 bridgehead atoms. The predicted molar refractivity (Wildman–Crippen MR) is 236 cm³/mol. The van der Waals surface area contributed by atoms with Gasteiger partial charge in [0.2, 0.25) is 23.5 Å². The van der Waals surface area contributed by atoms with Crippen LogP contribution in [0, 0.1) is 17.5 Å². The lowest BCUT2D eigenvalue weighted by Crippen LogP contribution is -2.52. The van der Waals surface area contributed by atoms with Crippen molar-refractivity contribution in [3.63, 3.8) is 0 Å². The highest BCUT2D eigenvalue weighted by molar-refractivity contribution is 7.90. The predicted octanol–water partition coefficient (Wildman–Crippen LogP) is 4.17. The van der Waals surface area contributed by atoms with E-state index in [9.17, 15) is 32.7 Å². The van der Waals surface area contributed by atoms with Gasteiger partial charge in [-0.3, -0.25) is 29.2 Å². The van der Waals surface area contributed by atoms with E-state index in [4.69, 9.17) is 0 Å². The molecule has 6 heterocycles. The van der Waals surface area contributed by atoms with E-state index < -0.39 is 62.2 Å². The van der Waals surface area contributed by atoms with Gasteiger partial charge in [0, 0.05) is 106 Å². The van der Waals surface area contributed by atoms with E-state index in [0.717, 1.165) is 16.4 Å². The van der Waals surface area contributed by atoms with Gasteiger partial charge < -0.3 is 30.1 Å². The molecular weight excluding hydrogens is 870 g/mol. The van der Waals surface area contributed by atoms with E-state index in [-0.39, 0.29) is 60.6 Å². The molecule has 3 saturated heterocycles. The Morgan fingerprint density at radius 1 is 0.923 bits per heavy atom. The molecule has 0 saturated carbocycles. The first kappa shape index (κ1) is 45.0. The summed E-state index contributed by atoms with van der Waals surface area (Å²) in [5.74, 6) is -4.33. The van der Waals surface area contributed by atoms with Crippen molar-refractivity contribution < 1.29 is 45.9 Å². The highest BCUT2D eigenvalue weighted by atomic mass is 32.2. The van der Waals surface area contributed by atoms with Crippen LogP contribution in [-0.2, 0) is 24.6 Å². The minimum absolute atomic E-state index is 0.0629. The molecule has 3 aliphatic rings. The number of hydrogen-bond donors (Lipinski definition) is 5. The van der Waals surface area contributed by atoms with Crippen molar-refractivity contribution >= 4 is 67.6 Å². The fourth-order valence-corrected chi connectivity index (χ4v) is 9.19. The molecule has 65 heavy (non-hydrogen) atoms. The largest absolute Gasteiger partial charge is 0.389 e. The zero-order valence-electron chi connectivity index (χ0n) is 35.5. The van der Waals surface area contributed by atoms with E-state index >= 15 is 13.2 Å². The van der Waals surface area contributed by atoms with Crippen LogP contribution in [-0.4, -0.2) is 126 Å². The van der Waals surface area contributed by atoms with Gasteiger partial charge in [-0.25, -0.2) is 23.1 Å². The van der Waals surface area contributed by atoms with Crippen molar-refractivity contribution in [2.24, 2.45) is 0 Å². The van der Waals surface area contributed by atoms with Gasteiger partial charge in [0.25, 0.3) is 0 Å². The summed E-state index contributed by atoms with van der Waals surface area (Å²) >= 11 is 0. The molecule has 8 rings (SSSR count). The summed E-state index contributed by atoms with van der Waals surface area (Å²) in [4.78, 5) is 68.1. The number of hydrogen-bond acceptors (Lipinski definition) is 12. The topological polar surface area (TPSA) is 213 Å². The van der Waals surface area contributed by atoms with E-state index in [0.29, 0.717) is 74.0 Å². The lowest BCUT2D eigenvalue weighted by atomic mass is 9.87. The van der Waals surface area contributed by atoms with Gasteiger partial charge in [0.05, 0.1) is 29.0 Å². The minimum Gasteiger partial charge on any atom is -0.389 e. The number of pyridine rings is 2. The van der Waals surface area contributed by atoms with Crippen LogP contribution in [0.1, 0.15) is 54.9 Å². The van der Waals surface area contributed by atoms with Crippen molar-refractivity contribution in [1.82, 2.24) is 29.5 Å². The number of piperidine rings is 2. The van der Waals surface area contributed by atoms with Gasteiger partial charge in [0.1, 0.15) is 29.1 Å². The highest BCUT2D eigenvalue weighted by Crippen LogP contribution is 2.34. The van der Waals surface area contributed by atoms with Gasteiger partial charge in [-0.05, 0) is 67.8 Å². The van der Waals surface area contributed by atoms with Gasteiger partial charge >= 0.3 is 10.2 Å². The average molecular weight is 917 g/mol. The molecule has 0 spiro atoms. The zero-order valence-corrected chi connectivity index (χ0v) is 36.4. The second-order valence-corrected chi connectivity index (χ2v) is 18.2. The number of aromatic amines is 1. The summed E-state index contributed by atoms with van der Waals surface area (Å²) in [6.07, 6.45) is 5.47. The second-order valence-electron chi connectivity index (χ2n) is 16.4. The Morgan fingerprint density at radius 2 is 1.66 bits per heavy atom. The number of piperazine rings is 1. The van der Waals surface area contributed by atoms with Crippen LogP contribution in [0.25, 0.3) is 22.2 Å². The van der Waals surface area contributed by atoms with Crippen LogP contribution >= 0.6 is 0 Å². The average Bonchev–Trinajstić information content (AvgIpc) is 3.72. The number of carbonyl (C=O) groups excluding carboxylic acids is 4. The first-order chi connectivity index (χ1) is 31.0. The molecule has 3 amide bonds. The molecule has 3 aromatic heterocycles. The number of nitrogens with zero attached hydrogens (tertiary/aromatic N) is 6. The normalized spacial score (nSPS) is 18.0. The Labute approximate surface area is 372 Å². The van der Waals surface area contributed by atoms with Gasteiger partial charge in [-0.1, -0.05) is 6.92 Å². The molecule has 0 aliphatic carbocycles. The number of nitrogens with one attached hydrogen (secondary N) is 4. The maximum absolute atomic E-state index is 15.6. The van der Waals surface area contributed by atoms with Crippen molar-refractivity contribution in [2.75, 3.05) is 72.7 Å². The third-order valence-corrected chi connectivity index (χ3v) is 13.8. The number of H-pyrrole nitrogens is 1. The number of rotatable bonds is 13. The monoisotopic (exact) mass is 916 g/mol. The summed E-state index contributed by atoms with van der Waals surface area (Å²) in [7, 11) is -2.88. The first-order valence-corrected chi connectivity index (χ1v) is 22.6. The van der Waals surface area contributed by atoms with Crippen LogP contribution in [0.2, 0.25) is 0 Å². The fraction of sp³-hybridized carbons (Fsp3) is 0.364. The lowest BCUT2D eigenvalue weighted by Gasteiger charge is -2.41. The number of aromatic nitrogens is 3. The molecule has 2 aromatic carbocycles. The molecule has 1 atom stereocenters. The third kappa shape index (κ3) is 9.48. The standard InChI is InChI=1S/C44H47F3N10O7S/c1-3-54(2)65(63,64)53-33-7-6-31(45)39(40(33)47)41(60)30-25-50-42-29(30)20-27(24-49-42)26-4-10-36(48-23-26)56-16-18-57(19-17-56)38(59)22-44(62)12-14-55(15-13-44)35-9-5-28(21-32(35)46)51-34-8-11-37(58)52-43(34)61/h4-7,9-10,20-21,23-25,34,51,53,62H,3,8,11-19,22H2,1-2H3,(H,49,50)(H,52,58,61)/t34-/m0/s1. The molecular formula is C44H47F3N10O7S. The van der Waals surface area contributed by atoms with Crippen LogP contribution < -0.4 is 25.2 Å². The van der Waals surface area contributed by atoms with Crippen LogP contribution in [0.3, 0.4) is 0 Å². The minimum atomic E-state index is -4.17. The molecule has 5 aromatic rings. The number of carbonyl (C=O) groups is 4. The second kappa shape index (κ2) is 18.1. The molecule has 0 unspecified atom stereocenters. The third-order valence-electron chi connectivity index (χ3n) is 12.3. The molecule has 3 aliphatic heterocycles. The molecule has 0 radical (unpaired) electrons. The van der Waals surface area contributed by atoms with Gasteiger partial charge in [-0.2, -0.15) is 12.7 Å². The maximum Gasteiger partial charge on any atom is 0.301 e. The van der Waals surface area contributed by atoms with E-state index in [1.165, 1.54) is 19.3 Å². The summed E-state index contributed by atoms with van der Waals surface area (Å²) in [5.41, 5.74) is -0.568. The maximum atomic E-state index is 15.6. The van der Waals surface area contributed by atoms with Crippen LogP contribution in [0.4, 0.5) is 36.1 Å². The molecule has 5 N–H and O–H groups in total. The Bertz CT molecular complexity index is 2780. The number of aliphatic hydroxyl groups is 1. The number of fused-ring (bicyclic) bond motifs is 1. The Balaban J connectivity index is 0.851. The molecule has 342 valence electrons. The van der Waals surface area contributed by atoms with E-state index in [2.05, 4.69) is 30.3 Å². The van der Waals surface area contributed by atoms with Crippen molar-refractivity contribution in [1.29, 1.82) is 0 Å². The fourth-order valence-electron chi connectivity index (χ4n) is 8.26. The summed E-state index contributed by atoms with van der Waals surface area (Å²) < 4.78 is 74.0. The molecule has 3 fully saturated rings. The molecule has 21 heteroatoms. The summed E-state index contributed by atoms with van der Waals surface area (Å²) in [5, 5.41) is 17.0. The summed E-state index contributed by atoms with van der Waals surface area (Å²) in [6, 6.07) is 11.0.